The van der Waals surface area contributed by atoms with Gasteiger partial charge >= 0.3 is 0 Å². The predicted molar refractivity (Wildman–Crippen MR) is 117 cm³/mol. The summed E-state index contributed by atoms with van der Waals surface area (Å²) in [6, 6.07) is 16.3. The molecule has 9 heteroatoms. The van der Waals surface area contributed by atoms with Crippen molar-refractivity contribution in [2.24, 2.45) is 0 Å². The van der Waals surface area contributed by atoms with Crippen LogP contribution in [0.25, 0.3) is 22.5 Å². The second-order valence-electron chi connectivity index (χ2n) is 7.22. The summed E-state index contributed by atoms with van der Waals surface area (Å²) in [7, 11) is 0. The minimum absolute atomic E-state index is 0.00532. The van der Waals surface area contributed by atoms with Crippen LogP contribution in [-0.4, -0.2) is 35.4 Å². The number of halogens is 1. The standard InChI is InChI=1S/C22H23ClN6O2/c1-2-3-8-20-24-21(23)19(14-31-30)29(20)13-15-9-11-16(12-10-15)17-6-4-5-7-18(17)22-25-27-28-26-22/h4-7,9-12,30H,2-3,8,13-14H2,1H3,(H,25,26,27,28). The largest absolute Gasteiger partial charge is 0.324 e. The molecule has 8 nitrogen and oxygen atoms in total. The number of aromatic amines is 1. The molecule has 0 radical (unpaired) electrons. The lowest BCUT2D eigenvalue weighted by Crippen LogP contribution is -2.10. The number of nitrogens with one attached hydrogen (secondary N) is 1. The minimum atomic E-state index is -0.00532. The second kappa shape index (κ2) is 9.82. The zero-order valence-electron chi connectivity index (χ0n) is 17.1. The highest BCUT2D eigenvalue weighted by molar-refractivity contribution is 6.30. The van der Waals surface area contributed by atoms with Crippen LogP contribution in [0.4, 0.5) is 0 Å². The summed E-state index contributed by atoms with van der Waals surface area (Å²) in [5.74, 6) is 1.52. The van der Waals surface area contributed by atoms with Crippen LogP contribution in [0.3, 0.4) is 0 Å². The molecule has 0 spiro atoms. The predicted octanol–water partition coefficient (Wildman–Crippen LogP) is 4.76. The van der Waals surface area contributed by atoms with Gasteiger partial charge in [0.25, 0.3) is 0 Å². The summed E-state index contributed by atoms with van der Waals surface area (Å²) in [6.45, 7) is 2.72. The summed E-state index contributed by atoms with van der Waals surface area (Å²) in [5.41, 5.74) is 4.79. The molecule has 0 unspecified atom stereocenters. The van der Waals surface area contributed by atoms with Crippen LogP contribution in [0.2, 0.25) is 5.15 Å². The number of nitrogens with zero attached hydrogens (tertiary/aromatic N) is 5. The minimum Gasteiger partial charge on any atom is -0.324 e. The highest BCUT2D eigenvalue weighted by atomic mass is 35.5. The average molecular weight is 439 g/mol. The molecule has 0 fully saturated rings. The molecule has 0 aliphatic rings. The number of unbranched alkanes of at least 4 members (excludes halogenated alkanes) is 1. The first kappa shape index (κ1) is 21.2. The van der Waals surface area contributed by atoms with E-state index in [1.165, 1.54) is 0 Å². The number of hydrogen-bond donors (Lipinski definition) is 2. The zero-order valence-corrected chi connectivity index (χ0v) is 17.9. The van der Waals surface area contributed by atoms with E-state index in [9.17, 15) is 0 Å². The van der Waals surface area contributed by atoms with Crippen LogP contribution in [0.1, 0.15) is 36.8 Å². The van der Waals surface area contributed by atoms with Crippen molar-refractivity contribution in [3.8, 4) is 22.5 Å². The van der Waals surface area contributed by atoms with Crippen LogP contribution >= 0.6 is 11.6 Å². The number of tetrazole rings is 1. The Balaban J connectivity index is 1.62. The fourth-order valence-electron chi connectivity index (χ4n) is 3.60. The van der Waals surface area contributed by atoms with E-state index in [1.807, 2.05) is 28.8 Å². The molecule has 0 bridgehead atoms. The summed E-state index contributed by atoms with van der Waals surface area (Å²) in [6.07, 6.45) is 2.89. The molecular weight excluding hydrogens is 416 g/mol. The third kappa shape index (κ3) is 4.66. The van der Waals surface area contributed by atoms with Gasteiger partial charge in [-0.3, -0.25) is 5.26 Å². The number of benzene rings is 2. The lowest BCUT2D eigenvalue weighted by Gasteiger charge is -2.13. The van der Waals surface area contributed by atoms with E-state index in [4.69, 9.17) is 16.9 Å². The third-order valence-corrected chi connectivity index (χ3v) is 5.49. The van der Waals surface area contributed by atoms with E-state index in [2.05, 4.69) is 61.7 Å². The molecule has 0 saturated carbocycles. The van der Waals surface area contributed by atoms with E-state index in [1.54, 1.807) is 0 Å². The normalized spacial score (nSPS) is 11.2. The van der Waals surface area contributed by atoms with Gasteiger partial charge in [-0.05, 0) is 33.5 Å². The van der Waals surface area contributed by atoms with E-state index in [0.29, 0.717) is 23.2 Å². The summed E-state index contributed by atoms with van der Waals surface area (Å²) in [5, 5.41) is 23.6. The smallest absolute Gasteiger partial charge is 0.180 e. The molecule has 0 amide bonds. The number of H-pyrrole nitrogens is 1. The molecule has 0 aliphatic carbocycles. The van der Waals surface area contributed by atoms with E-state index in [0.717, 1.165) is 47.3 Å². The first-order valence-corrected chi connectivity index (χ1v) is 10.5. The van der Waals surface area contributed by atoms with Gasteiger partial charge in [-0.25, -0.2) is 15.0 Å². The van der Waals surface area contributed by atoms with Crippen molar-refractivity contribution in [1.82, 2.24) is 30.2 Å². The molecule has 4 aromatic rings. The topological polar surface area (TPSA) is 102 Å². The van der Waals surface area contributed by atoms with Gasteiger partial charge < -0.3 is 4.57 Å². The Labute approximate surface area is 184 Å². The number of rotatable bonds is 9. The maximum Gasteiger partial charge on any atom is 0.180 e. The van der Waals surface area contributed by atoms with E-state index in [-0.39, 0.29) is 6.61 Å². The highest BCUT2D eigenvalue weighted by Gasteiger charge is 2.16. The molecule has 0 aliphatic heterocycles. The molecule has 2 heterocycles. The van der Waals surface area contributed by atoms with Gasteiger partial charge in [0.15, 0.2) is 11.0 Å². The van der Waals surface area contributed by atoms with Gasteiger partial charge in [0.05, 0.1) is 5.69 Å². The van der Waals surface area contributed by atoms with Crippen molar-refractivity contribution in [3.05, 3.63) is 70.8 Å². The Hall–Kier alpha value is -3.07. The SMILES string of the molecule is CCCCc1nc(Cl)c(COO)n1Cc1ccc(-c2ccccc2-c2nnn[nH]2)cc1. The Morgan fingerprint density at radius 1 is 1.10 bits per heavy atom. The maximum atomic E-state index is 8.97. The van der Waals surface area contributed by atoms with Crippen molar-refractivity contribution < 1.29 is 10.1 Å². The molecule has 2 aromatic carbocycles. The molecule has 4 rings (SSSR count). The lowest BCUT2D eigenvalue weighted by molar-refractivity contribution is -0.254. The van der Waals surface area contributed by atoms with Crippen molar-refractivity contribution in [1.29, 1.82) is 0 Å². The molecular formula is C22H23ClN6O2. The first-order chi connectivity index (χ1) is 15.2. The van der Waals surface area contributed by atoms with Crippen LogP contribution in [-0.2, 0) is 24.5 Å². The summed E-state index contributed by atoms with van der Waals surface area (Å²) >= 11 is 6.30. The van der Waals surface area contributed by atoms with Crippen molar-refractivity contribution >= 4 is 11.6 Å². The lowest BCUT2D eigenvalue weighted by atomic mass is 9.98. The molecule has 0 atom stereocenters. The van der Waals surface area contributed by atoms with Gasteiger partial charge in [0, 0.05) is 18.5 Å². The maximum absolute atomic E-state index is 8.97. The summed E-state index contributed by atoms with van der Waals surface area (Å²) in [4.78, 5) is 8.85. The third-order valence-electron chi connectivity index (χ3n) is 5.19. The fraction of sp³-hybridized carbons (Fsp3) is 0.273. The Morgan fingerprint density at radius 2 is 1.87 bits per heavy atom. The Bertz CT molecular complexity index is 1130. The number of hydrogen-bond acceptors (Lipinski definition) is 6. The molecule has 31 heavy (non-hydrogen) atoms. The average Bonchev–Trinajstić information content (AvgIpc) is 3.43. The molecule has 160 valence electrons. The monoisotopic (exact) mass is 438 g/mol. The van der Waals surface area contributed by atoms with Gasteiger partial charge in [0.2, 0.25) is 0 Å². The van der Waals surface area contributed by atoms with Crippen LogP contribution in [0.5, 0.6) is 0 Å². The molecule has 2 N–H and O–H groups in total. The van der Waals surface area contributed by atoms with Gasteiger partial charge in [-0.2, -0.15) is 0 Å². The van der Waals surface area contributed by atoms with Crippen LogP contribution < -0.4 is 0 Å². The van der Waals surface area contributed by atoms with Crippen molar-refractivity contribution in [2.75, 3.05) is 0 Å². The Kier molecular flexibility index (Phi) is 6.71. The summed E-state index contributed by atoms with van der Waals surface area (Å²) < 4.78 is 2.03. The van der Waals surface area contributed by atoms with Crippen molar-refractivity contribution in [2.45, 2.75) is 39.3 Å². The van der Waals surface area contributed by atoms with E-state index >= 15 is 0 Å². The van der Waals surface area contributed by atoms with Gasteiger partial charge in [-0.1, -0.05) is 73.5 Å². The quantitative estimate of drug-likeness (QED) is 0.288. The first-order valence-electron chi connectivity index (χ1n) is 10.1. The second-order valence-corrected chi connectivity index (χ2v) is 7.58. The fourth-order valence-corrected chi connectivity index (χ4v) is 3.86. The van der Waals surface area contributed by atoms with E-state index < -0.39 is 0 Å². The van der Waals surface area contributed by atoms with Gasteiger partial charge in [-0.15, -0.1) is 5.10 Å². The number of imidazole rings is 1. The number of aryl methyl sites for hydroxylation is 1. The molecule has 2 aromatic heterocycles. The van der Waals surface area contributed by atoms with Crippen molar-refractivity contribution in [3.63, 3.8) is 0 Å². The zero-order chi connectivity index (χ0) is 21.6. The number of aromatic nitrogens is 6. The van der Waals surface area contributed by atoms with Crippen LogP contribution in [0, 0.1) is 0 Å². The molecule has 0 saturated heterocycles. The van der Waals surface area contributed by atoms with Crippen LogP contribution in [0.15, 0.2) is 48.5 Å². The van der Waals surface area contributed by atoms with Gasteiger partial charge in [0.1, 0.15) is 12.4 Å². The highest BCUT2D eigenvalue weighted by Crippen LogP contribution is 2.30. The Morgan fingerprint density at radius 3 is 2.55 bits per heavy atom.